The van der Waals surface area contributed by atoms with Gasteiger partial charge in [0.05, 0.1) is 26.1 Å². The summed E-state index contributed by atoms with van der Waals surface area (Å²) in [5.74, 6) is 1.29. The number of hydrogen-bond donors (Lipinski definition) is 4. The highest BCUT2D eigenvalue weighted by Gasteiger charge is 2.44. The van der Waals surface area contributed by atoms with Gasteiger partial charge in [-0.1, -0.05) is 12.1 Å². The van der Waals surface area contributed by atoms with E-state index in [-0.39, 0.29) is 6.04 Å². The predicted octanol–water partition coefficient (Wildman–Crippen LogP) is 0.619. The van der Waals surface area contributed by atoms with Crippen LogP contribution >= 0.6 is 0 Å². The Labute approximate surface area is 166 Å². The second-order valence-electron chi connectivity index (χ2n) is 6.92. The normalized spacial score (nSPS) is 25.3. The van der Waals surface area contributed by atoms with Crippen LogP contribution < -0.4 is 10.1 Å². The lowest BCUT2D eigenvalue weighted by Gasteiger charge is -2.17. The number of aromatic nitrogens is 4. The van der Waals surface area contributed by atoms with Crippen LogP contribution in [0.3, 0.4) is 0 Å². The van der Waals surface area contributed by atoms with Crippen molar-refractivity contribution in [2.45, 2.75) is 37.5 Å². The monoisotopic (exact) mass is 401 g/mol. The average Bonchev–Trinajstić information content (AvgIpc) is 3.30. The van der Waals surface area contributed by atoms with Gasteiger partial charge in [0.2, 0.25) is 0 Å². The lowest BCUT2D eigenvalue weighted by Crippen LogP contribution is -2.33. The molecule has 0 bridgehead atoms. The number of fused-ring (bicyclic) bond motifs is 1. The predicted molar refractivity (Wildman–Crippen MR) is 103 cm³/mol. The summed E-state index contributed by atoms with van der Waals surface area (Å²) in [5, 5.41) is 32.9. The Morgan fingerprint density at radius 2 is 2.07 bits per heavy atom. The van der Waals surface area contributed by atoms with Crippen molar-refractivity contribution in [1.82, 2.24) is 19.5 Å². The number of aliphatic hydroxyl groups is 3. The maximum Gasteiger partial charge on any atom is 0.167 e. The third-order valence-corrected chi connectivity index (χ3v) is 5.10. The van der Waals surface area contributed by atoms with Gasteiger partial charge in [0, 0.05) is 0 Å². The molecular formula is C19H23N5O5. The van der Waals surface area contributed by atoms with E-state index in [4.69, 9.17) is 9.47 Å². The second-order valence-corrected chi connectivity index (χ2v) is 6.92. The zero-order valence-electron chi connectivity index (χ0n) is 16.0. The Bertz CT molecular complexity index is 996. The molecule has 0 radical (unpaired) electrons. The summed E-state index contributed by atoms with van der Waals surface area (Å²) in [7, 11) is 1.62. The van der Waals surface area contributed by atoms with Crippen LogP contribution in [-0.2, 0) is 4.74 Å². The largest absolute Gasteiger partial charge is 0.497 e. The number of nitrogens with zero attached hydrogens (tertiary/aromatic N) is 4. The van der Waals surface area contributed by atoms with Crippen LogP contribution in [0.15, 0.2) is 36.9 Å². The maximum atomic E-state index is 10.3. The highest BCUT2D eigenvalue weighted by Crippen LogP contribution is 2.32. The molecule has 4 N–H and O–H groups in total. The molecule has 10 heteroatoms. The molecule has 4 rings (SSSR count). The summed E-state index contributed by atoms with van der Waals surface area (Å²) in [5.41, 5.74) is 1.95. The lowest BCUT2D eigenvalue weighted by atomic mass is 10.1. The number of ether oxygens (including phenoxy) is 2. The summed E-state index contributed by atoms with van der Waals surface area (Å²) < 4.78 is 12.4. The first-order chi connectivity index (χ1) is 14.0. The molecule has 0 amide bonds. The van der Waals surface area contributed by atoms with E-state index in [2.05, 4.69) is 20.3 Å². The molecule has 1 aliphatic rings. The van der Waals surface area contributed by atoms with Crippen LogP contribution in [0.25, 0.3) is 11.2 Å². The highest BCUT2D eigenvalue weighted by atomic mass is 16.6. The number of imidazole rings is 1. The zero-order chi connectivity index (χ0) is 20.5. The van der Waals surface area contributed by atoms with Gasteiger partial charge in [-0.05, 0) is 24.6 Å². The molecule has 1 fully saturated rings. The minimum atomic E-state index is -1.22. The van der Waals surface area contributed by atoms with Gasteiger partial charge in [-0.2, -0.15) is 0 Å². The Kier molecular flexibility index (Phi) is 5.33. The SMILES string of the molecule is COc1cccc(C(C)Nc2ncnc3c2ncn3C2OC(CO)C(O)C2O)c1. The Balaban J connectivity index is 1.62. The van der Waals surface area contributed by atoms with Crippen LogP contribution in [0, 0.1) is 0 Å². The number of nitrogens with one attached hydrogen (secondary N) is 1. The minimum Gasteiger partial charge on any atom is -0.497 e. The second kappa shape index (κ2) is 7.91. The molecular weight excluding hydrogens is 378 g/mol. The van der Waals surface area contributed by atoms with Crippen molar-refractivity contribution in [1.29, 1.82) is 0 Å². The summed E-state index contributed by atoms with van der Waals surface area (Å²) >= 11 is 0. The van der Waals surface area contributed by atoms with E-state index in [1.54, 1.807) is 7.11 Å². The third-order valence-electron chi connectivity index (χ3n) is 5.10. The number of anilines is 1. The van der Waals surface area contributed by atoms with Crippen LogP contribution in [0.2, 0.25) is 0 Å². The molecule has 0 saturated carbocycles. The van der Waals surface area contributed by atoms with Gasteiger partial charge in [0.25, 0.3) is 0 Å². The average molecular weight is 401 g/mol. The van der Waals surface area contributed by atoms with Gasteiger partial charge in [-0.3, -0.25) is 4.57 Å². The van der Waals surface area contributed by atoms with Crippen molar-refractivity contribution in [3.63, 3.8) is 0 Å². The lowest BCUT2D eigenvalue weighted by molar-refractivity contribution is -0.0511. The molecule has 3 aromatic rings. The molecule has 10 nitrogen and oxygen atoms in total. The van der Waals surface area contributed by atoms with Crippen molar-refractivity contribution in [3.05, 3.63) is 42.5 Å². The van der Waals surface area contributed by atoms with Crippen molar-refractivity contribution in [2.24, 2.45) is 0 Å². The molecule has 1 saturated heterocycles. The topological polar surface area (TPSA) is 135 Å². The van der Waals surface area contributed by atoms with E-state index in [1.165, 1.54) is 17.2 Å². The summed E-state index contributed by atoms with van der Waals surface area (Å²) in [6.45, 7) is 1.59. The van der Waals surface area contributed by atoms with Gasteiger partial charge < -0.3 is 30.1 Å². The van der Waals surface area contributed by atoms with Gasteiger partial charge >= 0.3 is 0 Å². The zero-order valence-corrected chi connectivity index (χ0v) is 16.0. The van der Waals surface area contributed by atoms with Crippen LogP contribution in [-0.4, -0.2) is 66.9 Å². The van der Waals surface area contributed by atoms with Crippen LogP contribution in [0.1, 0.15) is 24.8 Å². The van der Waals surface area contributed by atoms with Gasteiger partial charge in [0.1, 0.15) is 30.4 Å². The fraction of sp³-hybridized carbons (Fsp3) is 0.421. The molecule has 29 heavy (non-hydrogen) atoms. The number of methoxy groups -OCH3 is 1. The minimum absolute atomic E-state index is 0.0812. The third kappa shape index (κ3) is 3.51. The quantitative estimate of drug-likeness (QED) is 0.469. The fourth-order valence-corrected chi connectivity index (χ4v) is 3.45. The van der Waals surface area contributed by atoms with Crippen molar-refractivity contribution in [2.75, 3.05) is 19.0 Å². The van der Waals surface area contributed by atoms with Crippen molar-refractivity contribution < 1.29 is 24.8 Å². The number of hydrogen-bond acceptors (Lipinski definition) is 9. The standard InChI is InChI=1S/C19H23N5O5/c1-10(11-4-3-5-12(6-11)28-2)23-17-14-18(21-8-20-17)24(9-22-14)19-16(27)15(26)13(7-25)29-19/h3-6,8-10,13,15-16,19,25-27H,7H2,1-2H3,(H,20,21,23). The molecule has 5 atom stereocenters. The van der Waals surface area contributed by atoms with E-state index in [1.807, 2.05) is 31.2 Å². The Morgan fingerprint density at radius 3 is 2.79 bits per heavy atom. The van der Waals surface area contributed by atoms with Gasteiger partial charge in [-0.25, -0.2) is 15.0 Å². The Hall–Kier alpha value is -2.79. The summed E-state index contributed by atoms with van der Waals surface area (Å²) in [4.78, 5) is 12.9. The van der Waals surface area contributed by atoms with Crippen molar-refractivity contribution in [3.8, 4) is 5.75 Å². The molecule has 0 aliphatic carbocycles. The Morgan fingerprint density at radius 1 is 1.24 bits per heavy atom. The first kappa shape index (κ1) is 19.5. The van der Waals surface area contributed by atoms with E-state index >= 15 is 0 Å². The number of rotatable bonds is 6. The molecule has 1 aromatic carbocycles. The highest BCUT2D eigenvalue weighted by molar-refractivity contribution is 5.82. The van der Waals surface area contributed by atoms with Crippen LogP contribution in [0.4, 0.5) is 5.82 Å². The van der Waals surface area contributed by atoms with E-state index in [0.717, 1.165) is 11.3 Å². The molecule has 1 aliphatic heterocycles. The van der Waals surface area contributed by atoms with Crippen molar-refractivity contribution >= 4 is 17.0 Å². The first-order valence-electron chi connectivity index (χ1n) is 9.24. The molecule has 2 aromatic heterocycles. The molecule has 3 heterocycles. The van der Waals surface area contributed by atoms with E-state index in [0.29, 0.717) is 17.0 Å². The van der Waals surface area contributed by atoms with Gasteiger partial charge in [-0.15, -0.1) is 0 Å². The first-order valence-corrected chi connectivity index (χ1v) is 9.24. The van der Waals surface area contributed by atoms with E-state index in [9.17, 15) is 15.3 Å². The maximum absolute atomic E-state index is 10.3. The van der Waals surface area contributed by atoms with Gasteiger partial charge in [0.15, 0.2) is 23.2 Å². The number of benzene rings is 1. The molecule has 5 unspecified atom stereocenters. The fourth-order valence-electron chi connectivity index (χ4n) is 3.45. The van der Waals surface area contributed by atoms with Crippen LogP contribution in [0.5, 0.6) is 5.75 Å². The molecule has 0 spiro atoms. The summed E-state index contributed by atoms with van der Waals surface area (Å²) in [6, 6.07) is 7.63. The summed E-state index contributed by atoms with van der Waals surface area (Å²) in [6.07, 6.45) is -1.34. The smallest absolute Gasteiger partial charge is 0.167 e. The molecule has 154 valence electrons. The number of aliphatic hydroxyl groups excluding tert-OH is 3. The van der Waals surface area contributed by atoms with E-state index < -0.39 is 31.1 Å².